The molecule has 0 bridgehead atoms. The predicted molar refractivity (Wildman–Crippen MR) is 128 cm³/mol. The summed E-state index contributed by atoms with van der Waals surface area (Å²) in [7, 11) is 0. The molecule has 15 heteroatoms. The normalized spacial score (nSPS) is 20.7. The van der Waals surface area contributed by atoms with Gasteiger partial charge in [0, 0.05) is 18.3 Å². The second-order valence-electron chi connectivity index (χ2n) is 9.65. The molecule has 0 saturated carbocycles. The molecule has 0 unspecified atom stereocenters. The van der Waals surface area contributed by atoms with Gasteiger partial charge in [0.05, 0.1) is 37.5 Å². The molecular formula is C23H24F5N9O. The van der Waals surface area contributed by atoms with Crippen LogP contribution >= 0.6 is 0 Å². The van der Waals surface area contributed by atoms with Crippen LogP contribution in [-0.2, 0) is 11.3 Å². The van der Waals surface area contributed by atoms with Gasteiger partial charge in [0.25, 0.3) is 5.92 Å². The number of fused-ring (bicyclic) bond motifs is 2. The van der Waals surface area contributed by atoms with Crippen LogP contribution in [0.5, 0.6) is 0 Å². The van der Waals surface area contributed by atoms with E-state index in [1.807, 2.05) is 0 Å². The van der Waals surface area contributed by atoms with Crippen molar-refractivity contribution < 1.29 is 26.7 Å². The summed E-state index contributed by atoms with van der Waals surface area (Å²) in [6.45, 7) is 1.30. The van der Waals surface area contributed by atoms with Crippen LogP contribution in [0.1, 0.15) is 12.2 Å². The lowest BCUT2D eigenvalue weighted by molar-refractivity contribution is -0.140. The maximum Gasteiger partial charge on any atom is 0.406 e. The molecule has 2 saturated heterocycles. The molecule has 0 aromatic carbocycles. The molecule has 2 aliphatic heterocycles. The van der Waals surface area contributed by atoms with E-state index in [9.17, 15) is 22.0 Å². The van der Waals surface area contributed by atoms with Gasteiger partial charge in [0.15, 0.2) is 11.5 Å². The Hall–Kier alpha value is -3.59. The molecule has 4 aromatic heterocycles. The number of nitrogens with one attached hydrogen (secondary N) is 1. The van der Waals surface area contributed by atoms with Gasteiger partial charge >= 0.3 is 6.18 Å². The van der Waals surface area contributed by atoms with Gasteiger partial charge in [-0.05, 0) is 31.5 Å². The number of ether oxygens (including phenoxy) is 1. The van der Waals surface area contributed by atoms with Gasteiger partial charge in [-0.2, -0.15) is 18.2 Å². The number of anilines is 2. The molecule has 2 aliphatic rings. The van der Waals surface area contributed by atoms with Crippen LogP contribution < -0.4 is 11.1 Å². The van der Waals surface area contributed by atoms with Crippen molar-refractivity contribution >= 4 is 28.4 Å². The standard InChI is InChI=1S/C23H24F5N9O/c1-12-30-16-3-2-15(31-20(16)36(12)11-23(26,27)28)14-4-7-37-18(14)19(29)33-21(34-37)32-17-5-6-35(10-22(17,24)25)13-8-38-9-13/h2-4,7,13,17H,5-6,8-11H2,1H3,(H3,29,32,33,34)/t17-/m1/s1. The lowest BCUT2D eigenvalue weighted by atomic mass is 9.98. The van der Waals surface area contributed by atoms with Crippen LogP contribution in [0.2, 0.25) is 0 Å². The molecule has 6 heterocycles. The molecule has 38 heavy (non-hydrogen) atoms. The number of pyridine rings is 1. The summed E-state index contributed by atoms with van der Waals surface area (Å²) in [5.41, 5.74) is 7.80. The second-order valence-corrected chi connectivity index (χ2v) is 9.65. The van der Waals surface area contributed by atoms with Crippen molar-refractivity contribution in [2.24, 2.45) is 0 Å². The lowest BCUT2D eigenvalue weighted by Crippen LogP contribution is -2.61. The fourth-order valence-corrected chi connectivity index (χ4v) is 5.00. The topological polar surface area (TPSA) is 111 Å². The first-order valence-electron chi connectivity index (χ1n) is 12.0. The first-order chi connectivity index (χ1) is 18.0. The van der Waals surface area contributed by atoms with E-state index >= 15 is 0 Å². The molecule has 6 rings (SSSR count). The maximum atomic E-state index is 14.9. The second kappa shape index (κ2) is 8.73. The van der Waals surface area contributed by atoms with Crippen molar-refractivity contribution in [1.29, 1.82) is 0 Å². The van der Waals surface area contributed by atoms with Crippen molar-refractivity contribution in [2.45, 2.75) is 44.1 Å². The summed E-state index contributed by atoms with van der Waals surface area (Å²) in [6, 6.07) is 3.69. The summed E-state index contributed by atoms with van der Waals surface area (Å²) >= 11 is 0. The van der Waals surface area contributed by atoms with E-state index in [1.54, 1.807) is 29.3 Å². The van der Waals surface area contributed by atoms with E-state index < -0.39 is 24.7 Å². The highest BCUT2D eigenvalue weighted by Crippen LogP contribution is 2.33. The maximum absolute atomic E-state index is 14.9. The molecule has 202 valence electrons. The van der Waals surface area contributed by atoms with Gasteiger partial charge in [-0.1, -0.05) is 0 Å². The third kappa shape index (κ3) is 4.38. The monoisotopic (exact) mass is 537 g/mol. The number of aryl methyl sites for hydroxylation is 1. The van der Waals surface area contributed by atoms with Crippen LogP contribution in [0, 0.1) is 6.92 Å². The van der Waals surface area contributed by atoms with Crippen molar-refractivity contribution in [2.75, 3.05) is 37.4 Å². The zero-order valence-corrected chi connectivity index (χ0v) is 20.2. The van der Waals surface area contributed by atoms with Crippen LogP contribution in [0.4, 0.5) is 33.7 Å². The highest BCUT2D eigenvalue weighted by atomic mass is 19.4. The van der Waals surface area contributed by atoms with E-state index in [0.717, 1.165) is 4.57 Å². The van der Waals surface area contributed by atoms with Gasteiger partial charge < -0.3 is 20.4 Å². The van der Waals surface area contributed by atoms with Crippen molar-refractivity contribution in [3.63, 3.8) is 0 Å². The number of hydrogen-bond acceptors (Lipinski definition) is 8. The van der Waals surface area contributed by atoms with Crippen LogP contribution in [0.25, 0.3) is 27.9 Å². The minimum Gasteiger partial charge on any atom is -0.382 e. The molecule has 3 N–H and O–H groups in total. The summed E-state index contributed by atoms with van der Waals surface area (Å²) in [4.78, 5) is 14.5. The smallest absolute Gasteiger partial charge is 0.382 e. The zero-order chi connectivity index (χ0) is 26.8. The van der Waals surface area contributed by atoms with Gasteiger partial charge in [-0.3, -0.25) is 4.90 Å². The first kappa shape index (κ1) is 24.7. The molecule has 0 radical (unpaired) electrons. The third-order valence-electron chi connectivity index (χ3n) is 7.00. The van der Waals surface area contributed by atoms with Crippen molar-refractivity contribution in [3.05, 3.63) is 30.2 Å². The zero-order valence-electron chi connectivity index (χ0n) is 20.2. The molecular weight excluding hydrogens is 513 g/mol. The van der Waals surface area contributed by atoms with Gasteiger partial charge in [-0.15, -0.1) is 5.10 Å². The Kier molecular flexibility index (Phi) is 5.68. The molecule has 1 atom stereocenters. The fourth-order valence-electron chi connectivity index (χ4n) is 5.00. The summed E-state index contributed by atoms with van der Waals surface area (Å²) in [6.07, 6.45) is -2.69. The van der Waals surface area contributed by atoms with Crippen molar-refractivity contribution in [3.8, 4) is 11.3 Å². The Labute approximate surface area is 212 Å². The molecule has 0 amide bonds. The number of imidazole rings is 1. The average Bonchev–Trinajstić information content (AvgIpc) is 3.34. The van der Waals surface area contributed by atoms with E-state index in [-0.39, 0.29) is 42.2 Å². The van der Waals surface area contributed by atoms with Gasteiger partial charge in [-0.25, -0.2) is 23.3 Å². The molecule has 0 aliphatic carbocycles. The number of halogens is 5. The van der Waals surface area contributed by atoms with Crippen LogP contribution in [0.15, 0.2) is 24.4 Å². The Morgan fingerprint density at radius 1 is 1.16 bits per heavy atom. The van der Waals surface area contributed by atoms with Crippen LogP contribution in [0.3, 0.4) is 0 Å². The molecule has 10 nitrogen and oxygen atoms in total. The molecule has 0 spiro atoms. The largest absolute Gasteiger partial charge is 0.406 e. The number of hydrogen-bond donors (Lipinski definition) is 2. The Bertz CT molecular complexity index is 1510. The molecule has 4 aromatic rings. The Morgan fingerprint density at radius 3 is 2.63 bits per heavy atom. The minimum absolute atomic E-state index is 0.0109. The number of piperidine rings is 1. The third-order valence-corrected chi connectivity index (χ3v) is 7.00. The summed E-state index contributed by atoms with van der Waals surface area (Å²) in [5, 5.41) is 7.05. The minimum atomic E-state index is -4.44. The van der Waals surface area contributed by atoms with E-state index in [4.69, 9.17) is 10.5 Å². The summed E-state index contributed by atoms with van der Waals surface area (Å²) in [5.74, 6) is -2.87. The highest BCUT2D eigenvalue weighted by Gasteiger charge is 2.47. The number of nitrogens with two attached hydrogens (primary N) is 1. The van der Waals surface area contributed by atoms with E-state index in [2.05, 4.69) is 25.4 Å². The van der Waals surface area contributed by atoms with E-state index in [1.165, 1.54) is 11.4 Å². The van der Waals surface area contributed by atoms with Crippen molar-refractivity contribution in [1.82, 2.24) is 34.0 Å². The van der Waals surface area contributed by atoms with Crippen LogP contribution in [-0.4, -0.2) is 84.5 Å². The first-order valence-corrected chi connectivity index (χ1v) is 12.0. The Balaban J connectivity index is 1.29. The van der Waals surface area contributed by atoms with E-state index in [0.29, 0.717) is 42.0 Å². The predicted octanol–water partition coefficient (Wildman–Crippen LogP) is 3.11. The highest BCUT2D eigenvalue weighted by molar-refractivity contribution is 5.88. The number of aromatic nitrogens is 6. The quantitative estimate of drug-likeness (QED) is 0.374. The Morgan fingerprint density at radius 2 is 1.95 bits per heavy atom. The number of alkyl halides is 5. The average molecular weight is 537 g/mol. The number of likely N-dealkylation sites (tertiary alicyclic amines) is 1. The van der Waals surface area contributed by atoms with Gasteiger partial charge in [0.1, 0.15) is 23.4 Å². The number of rotatable bonds is 5. The molecule has 2 fully saturated rings. The number of nitrogens with zero attached hydrogens (tertiary/aromatic N) is 7. The fraction of sp³-hybridized carbons (Fsp3) is 0.478. The van der Waals surface area contributed by atoms with Gasteiger partial charge in [0.2, 0.25) is 5.95 Å². The number of nitrogen functional groups attached to an aromatic ring is 1. The summed E-state index contributed by atoms with van der Waals surface area (Å²) < 4.78 is 76.7. The SMILES string of the molecule is Cc1nc2ccc(-c3ccn4nc(N[C@@H]5CCN(C6COC6)CC5(F)F)nc(N)c34)nc2n1CC(F)(F)F. The lowest BCUT2D eigenvalue weighted by Gasteiger charge is -2.44.